The highest BCUT2D eigenvalue weighted by Crippen LogP contribution is 2.20. The maximum absolute atomic E-state index is 13.2. The number of aromatic nitrogens is 2. The molecule has 27 heavy (non-hydrogen) atoms. The number of para-hydroxylation sites is 1. The van der Waals surface area contributed by atoms with Crippen LogP contribution in [0, 0.1) is 11.4 Å². The predicted octanol–water partition coefficient (Wildman–Crippen LogP) is 0.485. The van der Waals surface area contributed by atoms with Crippen LogP contribution in [0.25, 0.3) is 10.9 Å². The number of Topliss-reactive ketones (excluding diaryl/α,β-unsaturated/α-hetero) is 1. The molecule has 0 unspecified atom stereocenters. The molecule has 1 aromatic carbocycles. The quantitative estimate of drug-likeness (QED) is 0.237. The number of rotatable bonds is 3. The van der Waals surface area contributed by atoms with Crippen molar-refractivity contribution in [2.45, 2.75) is 0 Å². The number of fused-ring (bicyclic) bond motifs is 1. The van der Waals surface area contributed by atoms with Crippen molar-refractivity contribution in [3.05, 3.63) is 77.5 Å². The Hall–Kier alpha value is -3.16. The fourth-order valence-corrected chi connectivity index (χ4v) is 3.89. The van der Waals surface area contributed by atoms with E-state index in [1.54, 1.807) is 32.7 Å². The van der Waals surface area contributed by atoms with E-state index in [9.17, 15) is 9.59 Å². The summed E-state index contributed by atoms with van der Waals surface area (Å²) in [5.74, 6) is -0.0945. The van der Waals surface area contributed by atoms with Crippen molar-refractivity contribution in [2.75, 3.05) is 14.1 Å². The van der Waals surface area contributed by atoms with Gasteiger partial charge in [0.15, 0.2) is 16.7 Å². The highest BCUT2D eigenvalue weighted by atomic mass is 32.1. The Bertz CT molecular complexity index is 1040. The van der Waals surface area contributed by atoms with E-state index >= 15 is 0 Å². The first-order valence-electron chi connectivity index (χ1n) is 8.41. The van der Waals surface area contributed by atoms with Gasteiger partial charge >= 0.3 is 6.03 Å². The van der Waals surface area contributed by atoms with Crippen molar-refractivity contribution < 1.29 is 19.5 Å². The van der Waals surface area contributed by atoms with E-state index in [0.29, 0.717) is 11.6 Å². The van der Waals surface area contributed by atoms with Gasteiger partial charge in [-0.05, 0) is 17.3 Å². The molecule has 0 bridgehead atoms. The van der Waals surface area contributed by atoms with Crippen LogP contribution in [-0.2, 0) is 11.4 Å². The second-order valence-electron chi connectivity index (χ2n) is 6.38. The molecule has 3 heterocycles. The molecule has 0 aliphatic carbocycles. The highest BCUT2D eigenvalue weighted by molar-refractivity contribution is 7.81. The summed E-state index contributed by atoms with van der Waals surface area (Å²) in [6.45, 7) is 0. The number of benzene rings is 1. The van der Waals surface area contributed by atoms with Crippen LogP contribution in [-0.4, -0.2) is 41.2 Å². The lowest BCUT2D eigenvalue weighted by Crippen LogP contribution is -2.86. The van der Waals surface area contributed by atoms with Gasteiger partial charge in [0, 0.05) is 6.20 Å². The molecule has 1 amide bonds. The van der Waals surface area contributed by atoms with Crippen molar-refractivity contribution in [2.24, 2.45) is 0 Å². The van der Waals surface area contributed by atoms with E-state index in [1.807, 2.05) is 47.1 Å². The number of nitrogens with zero attached hydrogens (tertiary/aromatic N) is 3. The lowest BCUT2D eigenvalue weighted by atomic mass is 10.0. The second-order valence-corrected chi connectivity index (χ2v) is 7.29. The van der Waals surface area contributed by atoms with Crippen LogP contribution < -0.4 is 9.88 Å². The smallest absolute Gasteiger partial charge is 0.345 e. The Morgan fingerprint density at radius 1 is 1.22 bits per heavy atom. The van der Waals surface area contributed by atoms with E-state index in [0.717, 1.165) is 21.8 Å². The summed E-state index contributed by atoms with van der Waals surface area (Å²) in [4.78, 5) is 31.3. The SMILES string of the molecule is CN(C)C(=O)[n+]1cc(C(=O)[C-]2C=[S+][C-](c3cccnc3)[NH2+]2)c2cccc[c-]21. The zero-order valence-electron chi connectivity index (χ0n) is 14.9. The van der Waals surface area contributed by atoms with Crippen LogP contribution in [0.15, 0.2) is 55.0 Å². The van der Waals surface area contributed by atoms with Gasteiger partial charge in [-0.1, -0.05) is 23.7 Å². The summed E-state index contributed by atoms with van der Waals surface area (Å²) in [5, 5.41) is 5.49. The van der Waals surface area contributed by atoms with E-state index < -0.39 is 0 Å². The van der Waals surface area contributed by atoms with Crippen molar-refractivity contribution in [3.8, 4) is 0 Å². The fourth-order valence-electron chi connectivity index (χ4n) is 3.01. The van der Waals surface area contributed by atoms with Gasteiger partial charge in [0.25, 0.3) is 5.37 Å². The lowest BCUT2D eigenvalue weighted by molar-refractivity contribution is -0.580. The Balaban J connectivity index is 1.66. The number of carbonyl (C=O) groups excluding carboxylic acids is 2. The number of pyridine rings is 1. The third kappa shape index (κ3) is 3.07. The minimum Gasteiger partial charge on any atom is -0.345 e. The van der Waals surface area contributed by atoms with Crippen molar-refractivity contribution >= 4 is 39.4 Å². The molecule has 1 aliphatic heterocycles. The molecule has 0 radical (unpaired) electrons. The van der Waals surface area contributed by atoms with Crippen molar-refractivity contribution in [1.82, 2.24) is 9.88 Å². The zero-order valence-corrected chi connectivity index (χ0v) is 15.7. The molecule has 0 saturated carbocycles. The first-order chi connectivity index (χ1) is 13.1. The van der Waals surface area contributed by atoms with Gasteiger partial charge in [-0.2, -0.15) is 0 Å². The van der Waals surface area contributed by atoms with Crippen molar-refractivity contribution in [3.63, 3.8) is 0 Å². The molecule has 7 heteroatoms. The van der Waals surface area contributed by atoms with Gasteiger partial charge < -0.3 is 15.1 Å². The van der Waals surface area contributed by atoms with Gasteiger partial charge in [-0.3, -0.25) is 4.90 Å². The van der Waals surface area contributed by atoms with E-state index in [2.05, 4.69) is 4.98 Å². The Morgan fingerprint density at radius 2 is 2.07 bits per heavy atom. The maximum Gasteiger partial charge on any atom is 0.441 e. The molecule has 0 atom stereocenters. The largest absolute Gasteiger partial charge is 0.441 e. The standard InChI is InChI=1S/C20H18N4O2S/c1-23(2)20(26)24-11-15(14-7-3-4-8-17(14)24)18(25)16-12-27-19(22-16)13-6-5-9-21-10-13/h3-12H,22H2,1-2H3. The van der Waals surface area contributed by atoms with Crippen LogP contribution in [0.1, 0.15) is 15.9 Å². The summed E-state index contributed by atoms with van der Waals surface area (Å²) in [5.41, 5.74) is 2.23. The van der Waals surface area contributed by atoms with Crippen molar-refractivity contribution in [1.29, 1.82) is 0 Å². The monoisotopic (exact) mass is 378 g/mol. The molecular formula is C20H18N4O2S. The molecule has 2 aromatic heterocycles. The molecule has 0 fully saturated rings. The van der Waals surface area contributed by atoms with Gasteiger partial charge in [-0.25, -0.2) is 9.36 Å². The van der Waals surface area contributed by atoms with E-state index in [-0.39, 0.29) is 11.8 Å². The Kier molecular flexibility index (Phi) is 4.39. The Morgan fingerprint density at radius 3 is 2.81 bits per heavy atom. The minimum atomic E-state index is -0.188. The normalized spacial score (nSPS) is 13.4. The first kappa shape index (κ1) is 17.3. The predicted molar refractivity (Wildman–Crippen MR) is 104 cm³/mol. The van der Waals surface area contributed by atoms with Crippen LogP contribution in [0.4, 0.5) is 4.79 Å². The fraction of sp³-hybridized carbons (Fsp3) is 0.100. The van der Waals surface area contributed by atoms with Crippen LogP contribution >= 0.6 is 0 Å². The third-order valence-electron chi connectivity index (χ3n) is 4.35. The second kappa shape index (κ2) is 6.86. The lowest BCUT2D eigenvalue weighted by Gasteiger charge is -2.12. The summed E-state index contributed by atoms with van der Waals surface area (Å²) in [7, 11) is 3.38. The summed E-state index contributed by atoms with van der Waals surface area (Å²) >= 11 is 1.51. The molecule has 0 spiro atoms. The molecule has 4 rings (SSSR count). The number of hydrogen-bond acceptors (Lipinski definition) is 3. The highest BCUT2D eigenvalue weighted by Gasteiger charge is 2.33. The number of carbonyl (C=O) groups is 2. The molecule has 3 aromatic rings. The molecule has 136 valence electrons. The zero-order chi connectivity index (χ0) is 19.0. The number of amides is 1. The Labute approximate surface area is 160 Å². The maximum atomic E-state index is 13.2. The third-order valence-corrected chi connectivity index (χ3v) is 5.33. The molecule has 6 nitrogen and oxygen atoms in total. The molecule has 0 saturated heterocycles. The molecular weight excluding hydrogens is 360 g/mol. The van der Waals surface area contributed by atoms with Gasteiger partial charge in [0.1, 0.15) is 5.78 Å². The van der Waals surface area contributed by atoms with Gasteiger partial charge in [-0.15, -0.1) is 24.3 Å². The topological polar surface area (TPSA) is 70.8 Å². The summed E-state index contributed by atoms with van der Waals surface area (Å²) in [6.07, 6.45) is 5.14. The summed E-state index contributed by atoms with van der Waals surface area (Å²) < 4.78 is 1.52. The minimum absolute atomic E-state index is 0.0945. The number of hydrogen-bond donors (Lipinski definition) is 1. The molecule has 1 aliphatic rings. The van der Waals surface area contributed by atoms with Crippen LogP contribution in [0.2, 0.25) is 0 Å². The first-order valence-corrected chi connectivity index (χ1v) is 9.29. The number of nitrogens with two attached hydrogens (primary N) is 1. The van der Waals surface area contributed by atoms with Gasteiger partial charge in [0.05, 0.1) is 25.7 Å². The van der Waals surface area contributed by atoms with E-state index in [4.69, 9.17) is 0 Å². The van der Waals surface area contributed by atoms with Gasteiger partial charge in [0.2, 0.25) is 0 Å². The average Bonchev–Trinajstić information content (AvgIpc) is 3.33. The summed E-state index contributed by atoms with van der Waals surface area (Å²) in [6, 6.07) is 11.7. The van der Waals surface area contributed by atoms with Crippen LogP contribution in [0.3, 0.4) is 0 Å². The average molecular weight is 378 g/mol. The number of quaternary nitrogens is 1. The number of ketones is 1. The molecule has 2 N–H and O–H groups in total. The van der Waals surface area contributed by atoms with E-state index in [1.165, 1.54) is 20.8 Å². The van der Waals surface area contributed by atoms with Crippen LogP contribution in [0.5, 0.6) is 0 Å².